The number of aryl methyl sites for hydroxylation is 1. The van der Waals surface area contributed by atoms with Crippen LogP contribution < -0.4 is 20.1 Å². The lowest BCUT2D eigenvalue weighted by Crippen LogP contribution is -2.55. The molecule has 10 rings (SSSR count). The van der Waals surface area contributed by atoms with Crippen LogP contribution in [-0.2, 0) is 50.1 Å². The Morgan fingerprint density at radius 2 is 1.61 bits per heavy atom. The zero-order valence-corrected chi connectivity index (χ0v) is 47.0. The fraction of sp³-hybridized carbons (Fsp3) is 0.306. The molecule has 5 aromatic carbocycles. The zero-order valence-electron chi connectivity index (χ0n) is 45.3. The number of anilines is 1. The van der Waals surface area contributed by atoms with Gasteiger partial charge in [-0.1, -0.05) is 98.5 Å². The summed E-state index contributed by atoms with van der Waals surface area (Å²) >= 11 is 2.71. The number of rotatable bonds is 22. The van der Waals surface area contributed by atoms with E-state index >= 15 is 4.39 Å². The standard InChI is InChI=1S/C62H60FN7O10S2/c1-38(2)54(69-33-44-13-7-8-17-48(44)59(69)74)61(76)68-35-47(71)31-50(68)57(72)65-32-43-19-18-42(56-39(3)66-37-82-56)29-52(43)79-27-26-78-25-24-77-23-10-16-41-14-9-15-45-34-70(60(75)53(41)45)55(58(73)67-62-64-22-28-81-62)49-30-46(63)20-21-51(49)80-36-40-11-5-4-6-12-40/h4-9,11-15,17-22,28-30,37-38,47,50,54-55,71H,23-27,31-36H2,1-3H3,(H,65,72)(H,64,67,73)/t47-,50+,54+,55?/m1/s1. The SMILES string of the molecule is Cc1ncsc1-c1ccc(CNC(=O)[C@@H]2C[C@@H](O)CN2C(=O)[C@H](C(C)C)N2Cc3ccccc3C2=O)c(OCCOCCOCC#Cc2cccc3c2C(=O)N(C(C(=O)Nc2nccs2)c2cc(F)ccc2OCc2ccccc2)C3)c1. The Bertz CT molecular complexity index is 3530. The number of benzene rings is 5. The van der Waals surface area contributed by atoms with Gasteiger partial charge in [-0.05, 0) is 71.5 Å². The van der Waals surface area contributed by atoms with Gasteiger partial charge in [-0.25, -0.2) is 14.4 Å². The Hall–Kier alpha value is -8.32. The second-order valence-electron chi connectivity index (χ2n) is 20.3. The van der Waals surface area contributed by atoms with Gasteiger partial charge in [0, 0.05) is 66.4 Å². The number of aromatic nitrogens is 2. The van der Waals surface area contributed by atoms with Crippen molar-refractivity contribution in [2.75, 3.05) is 44.9 Å². The van der Waals surface area contributed by atoms with E-state index in [0.717, 1.165) is 27.3 Å². The fourth-order valence-electron chi connectivity index (χ4n) is 10.5. The van der Waals surface area contributed by atoms with Gasteiger partial charge >= 0.3 is 0 Å². The van der Waals surface area contributed by atoms with Gasteiger partial charge in [-0.15, -0.1) is 22.7 Å². The molecule has 7 aromatic rings. The Morgan fingerprint density at radius 3 is 2.39 bits per heavy atom. The average molecular weight is 1150 g/mol. The number of likely N-dealkylation sites (tertiary alicyclic amines) is 1. The minimum absolute atomic E-state index is 0.0293. The molecular weight excluding hydrogens is 1090 g/mol. The Labute approximate surface area is 482 Å². The molecular formula is C62H60FN7O10S2. The highest BCUT2D eigenvalue weighted by Crippen LogP contribution is 2.39. The smallest absolute Gasteiger partial charge is 0.256 e. The molecule has 0 spiro atoms. The number of fused-ring (bicyclic) bond motifs is 2. The summed E-state index contributed by atoms with van der Waals surface area (Å²) in [6.07, 6.45) is 0.688. The number of hydrogen-bond acceptors (Lipinski definition) is 14. The van der Waals surface area contributed by atoms with Gasteiger partial charge in [-0.3, -0.25) is 29.3 Å². The molecule has 1 fully saturated rings. The third-order valence-corrected chi connectivity index (χ3v) is 16.1. The summed E-state index contributed by atoms with van der Waals surface area (Å²) in [7, 11) is 0. The largest absolute Gasteiger partial charge is 0.491 e. The molecule has 422 valence electrons. The van der Waals surface area contributed by atoms with Crippen LogP contribution in [0, 0.1) is 30.5 Å². The number of thiazole rings is 2. The van der Waals surface area contributed by atoms with Crippen molar-refractivity contribution in [3.63, 3.8) is 0 Å². The number of ether oxygens (including phenoxy) is 4. The van der Waals surface area contributed by atoms with Crippen LogP contribution in [0.15, 0.2) is 126 Å². The minimum atomic E-state index is -1.30. The summed E-state index contributed by atoms with van der Waals surface area (Å²) in [4.78, 5) is 84.4. The molecule has 5 amide bonds. The van der Waals surface area contributed by atoms with Crippen molar-refractivity contribution in [2.24, 2.45) is 5.92 Å². The monoisotopic (exact) mass is 1150 g/mol. The Morgan fingerprint density at radius 1 is 0.829 bits per heavy atom. The summed E-state index contributed by atoms with van der Waals surface area (Å²) < 4.78 is 39.2. The topological polar surface area (TPSA) is 202 Å². The summed E-state index contributed by atoms with van der Waals surface area (Å²) in [5, 5.41) is 18.6. The number of carbonyl (C=O) groups is 5. The van der Waals surface area contributed by atoms with Crippen LogP contribution in [-0.4, -0.2) is 117 Å². The fourth-order valence-corrected chi connectivity index (χ4v) is 11.8. The lowest BCUT2D eigenvalue weighted by molar-refractivity contribution is -0.143. The highest BCUT2D eigenvalue weighted by Gasteiger charge is 2.46. The molecule has 0 saturated carbocycles. The maximum Gasteiger partial charge on any atom is 0.256 e. The molecule has 0 bridgehead atoms. The summed E-state index contributed by atoms with van der Waals surface area (Å²) in [6, 6.07) is 28.6. The van der Waals surface area contributed by atoms with Crippen molar-refractivity contribution in [3.05, 3.63) is 182 Å². The van der Waals surface area contributed by atoms with E-state index in [0.29, 0.717) is 38.7 Å². The normalized spacial score (nSPS) is 16.1. The molecule has 20 heteroatoms. The summed E-state index contributed by atoms with van der Waals surface area (Å²) in [6.45, 7) is 7.02. The molecule has 2 aromatic heterocycles. The van der Waals surface area contributed by atoms with Gasteiger partial charge < -0.3 is 44.1 Å². The first kappa shape index (κ1) is 56.9. The van der Waals surface area contributed by atoms with Crippen LogP contribution in [0.4, 0.5) is 9.52 Å². The van der Waals surface area contributed by atoms with E-state index in [9.17, 15) is 29.1 Å². The molecule has 0 aliphatic carbocycles. The van der Waals surface area contributed by atoms with Crippen LogP contribution in [0.3, 0.4) is 0 Å². The predicted molar refractivity (Wildman–Crippen MR) is 306 cm³/mol. The van der Waals surface area contributed by atoms with Crippen molar-refractivity contribution in [2.45, 2.75) is 77.7 Å². The van der Waals surface area contributed by atoms with E-state index in [1.807, 2.05) is 81.4 Å². The number of nitrogens with one attached hydrogen (secondary N) is 2. The molecule has 82 heavy (non-hydrogen) atoms. The first-order valence-corrected chi connectivity index (χ1v) is 28.6. The van der Waals surface area contributed by atoms with Gasteiger partial charge in [0.2, 0.25) is 11.8 Å². The van der Waals surface area contributed by atoms with E-state index in [1.165, 1.54) is 50.7 Å². The van der Waals surface area contributed by atoms with Crippen LogP contribution in [0.2, 0.25) is 0 Å². The van der Waals surface area contributed by atoms with Crippen molar-refractivity contribution < 1.29 is 52.4 Å². The van der Waals surface area contributed by atoms with E-state index in [4.69, 9.17) is 18.9 Å². The zero-order chi connectivity index (χ0) is 57.3. The Balaban J connectivity index is 0.734. The number of hydrogen-bond donors (Lipinski definition) is 3. The molecule has 17 nitrogen and oxygen atoms in total. The first-order chi connectivity index (χ1) is 39.8. The van der Waals surface area contributed by atoms with E-state index < -0.39 is 47.8 Å². The molecule has 1 unspecified atom stereocenters. The van der Waals surface area contributed by atoms with Gasteiger partial charge in [0.05, 0.1) is 47.6 Å². The van der Waals surface area contributed by atoms with Crippen LogP contribution >= 0.6 is 22.7 Å². The molecule has 0 radical (unpaired) electrons. The number of β-amino-alcohol motifs (C(OH)–C–C–N with tert-alkyl or cyclic N) is 1. The number of halogens is 1. The third kappa shape index (κ3) is 12.9. The Kier molecular flexibility index (Phi) is 18.1. The highest BCUT2D eigenvalue weighted by molar-refractivity contribution is 7.14. The number of aliphatic hydroxyl groups is 1. The number of amides is 5. The quantitative estimate of drug-likeness (QED) is 0.0433. The molecule has 3 aliphatic rings. The summed E-state index contributed by atoms with van der Waals surface area (Å²) in [5.74, 6) is 3.87. The number of nitrogens with zero attached hydrogens (tertiary/aromatic N) is 5. The average Bonchev–Trinajstić information content (AvgIpc) is 4.38. The molecule has 5 heterocycles. The van der Waals surface area contributed by atoms with Crippen molar-refractivity contribution in [1.29, 1.82) is 0 Å². The lowest BCUT2D eigenvalue weighted by atomic mass is 10.0. The van der Waals surface area contributed by atoms with Crippen molar-refractivity contribution in [1.82, 2.24) is 30.0 Å². The van der Waals surface area contributed by atoms with Crippen LogP contribution in [0.5, 0.6) is 11.5 Å². The predicted octanol–water partition coefficient (Wildman–Crippen LogP) is 8.35. The second-order valence-corrected chi connectivity index (χ2v) is 22.0. The van der Waals surface area contributed by atoms with E-state index in [-0.39, 0.29) is 101 Å². The molecule has 3 N–H and O–H groups in total. The van der Waals surface area contributed by atoms with Crippen molar-refractivity contribution in [3.8, 4) is 33.8 Å². The van der Waals surface area contributed by atoms with Gasteiger partial charge in [0.25, 0.3) is 17.7 Å². The minimum Gasteiger partial charge on any atom is -0.491 e. The first-order valence-electron chi connectivity index (χ1n) is 26.9. The molecule has 1 saturated heterocycles. The summed E-state index contributed by atoms with van der Waals surface area (Å²) in [5.41, 5.74) is 8.07. The number of aliphatic hydroxyl groups excluding tert-OH is 1. The maximum atomic E-state index is 15.1. The molecule has 3 aliphatic heterocycles. The van der Waals surface area contributed by atoms with Gasteiger partial charge in [0.1, 0.15) is 55.3 Å². The van der Waals surface area contributed by atoms with Gasteiger partial charge in [-0.2, -0.15) is 0 Å². The third-order valence-electron chi connectivity index (χ3n) is 14.4. The maximum absolute atomic E-state index is 15.1. The van der Waals surface area contributed by atoms with Crippen molar-refractivity contribution >= 4 is 57.3 Å². The molecule has 4 atom stereocenters. The number of carbonyl (C=O) groups excluding carboxylic acids is 5. The highest BCUT2D eigenvalue weighted by atomic mass is 32.1. The van der Waals surface area contributed by atoms with E-state index in [1.54, 1.807) is 52.3 Å². The van der Waals surface area contributed by atoms with Gasteiger partial charge in [0.15, 0.2) is 5.13 Å². The second kappa shape index (κ2) is 26.1. The van der Waals surface area contributed by atoms with Crippen LogP contribution in [0.25, 0.3) is 10.4 Å². The van der Waals surface area contributed by atoms with E-state index in [2.05, 4.69) is 32.4 Å². The lowest BCUT2D eigenvalue weighted by Gasteiger charge is -2.35. The van der Waals surface area contributed by atoms with Crippen LogP contribution in [0.1, 0.15) is 86.1 Å².